The van der Waals surface area contributed by atoms with E-state index in [4.69, 9.17) is 14.7 Å². The lowest BCUT2D eigenvalue weighted by atomic mass is 10.1. The molecule has 0 saturated carbocycles. The summed E-state index contributed by atoms with van der Waals surface area (Å²) < 4.78 is 8.90. The number of carbonyl (C=O) groups excluding carboxylic acids is 1. The van der Waals surface area contributed by atoms with Gasteiger partial charge >= 0.3 is 11.9 Å². The van der Waals surface area contributed by atoms with E-state index in [0.717, 1.165) is 59.0 Å². The summed E-state index contributed by atoms with van der Waals surface area (Å²) in [4.78, 5) is 40.2. The third kappa shape index (κ3) is 8.19. The highest BCUT2D eigenvalue weighted by Gasteiger charge is 2.21. The number of hydrogen-bond acceptors (Lipinski definition) is 9. The number of ether oxygens (including phenoxy) is 1. The predicted molar refractivity (Wildman–Crippen MR) is 185 cm³/mol. The number of anilines is 2. The molecule has 4 aromatic heterocycles. The van der Waals surface area contributed by atoms with Crippen LogP contribution < -0.4 is 9.80 Å². The standard InChI is InChI=1S/C18H25N3O2S.C16H21N3O2S/c1-4-23-17(22)16-10-13(2)11-21(16)12-15-14(3)24-18(19-15)20-8-6-5-7-9-20;1-11-8-14(15(20)21)19(9-11)10-13-12(2)22-16(17-13)18-6-4-3-5-7-18/h10-11H,4-9,12H2,1-3H3;8-9H,3-7,10H2,1-2H3,(H,20,21). The molecule has 12 heteroatoms. The molecule has 0 radical (unpaired) electrons. The van der Waals surface area contributed by atoms with E-state index in [-0.39, 0.29) is 5.97 Å². The Bertz CT molecular complexity index is 1640. The number of carboxylic acids is 1. The van der Waals surface area contributed by atoms with E-state index in [0.29, 0.717) is 31.1 Å². The fourth-order valence-electron chi connectivity index (χ4n) is 6.01. The van der Waals surface area contributed by atoms with Crippen molar-refractivity contribution in [3.05, 3.63) is 68.2 Å². The number of aromatic nitrogens is 4. The molecule has 2 saturated heterocycles. The third-order valence-corrected chi connectivity index (χ3v) is 10.6. The van der Waals surface area contributed by atoms with Gasteiger partial charge in [0, 0.05) is 48.3 Å². The minimum absolute atomic E-state index is 0.269. The van der Waals surface area contributed by atoms with Crippen molar-refractivity contribution in [1.82, 2.24) is 19.1 Å². The first-order chi connectivity index (χ1) is 22.1. The van der Waals surface area contributed by atoms with E-state index in [1.54, 1.807) is 33.3 Å². The van der Waals surface area contributed by atoms with Crippen molar-refractivity contribution in [3.63, 3.8) is 0 Å². The predicted octanol–water partition coefficient (Wildman–Crippen LogP) is 7.07. The zero-order valence-corrected chi connectivity index (χ0v) is 29.3. The van der Waals surface area contributed by atoms with Gasteiger partial charge < -0.3 is 28.8 Å². The van der Waals surface area contributed by atoms with Crippen LogP contribution in [0.25, 0.3) is 0 Å². The van der Waals surface area contributed by atoms with Crippen LogP contribution in [0, 0.1) is 27.7 Å². The second-order valence-electron chi connectivity index (χ2n) is 12.2. The molecule has 0 bridgehead atoms. The topological polar surface area (TPSA) is 106 Å². The number of carboxylic acid groups (broad SMARTS) is 1. The van der Waals surface area contributed by atoms with Crippen LogP contribution in [-0.4, -0.2) is 68.9 Å². The molecule has 2 fully saturated rings. The summed E-state index contributed by atoms with van der Waals surface area (Å²) in [6.07, 6.45) is 11.4. The van der Waals surface area contributed by atoms with E-state index >= 15 is 0 Å². The Kier molecular flexibility index (Phi) is 11.2. The summed E-state index contributed by atoms with van der Waals surface area (Å²) in [7, 11) is 0. The highest BCUT2D eigenvalue weighted by Crippen LogP contribution is 2.30. The Hall–Kier alpha value is -3.64. The molecule has 0 aliphatic carbocycles. The van der Waals surface area contributed by atoms with E-state index in [9.17, 15) is 14.7 Å². The smallest absolute Gasteiger partial charge is 0.354 e. The maximum absolute atomic E-state index is 12.1. The van der Waals surface area contributed by atoms with Crippen LogP contribution in [0.3, 0.4) is 0 Å². The maximum Gasteiger partial charge on any atom is 0.354 e. The van der Waals surface area contributed by atoms with E-state index in [2.05, 4.69) is 23.6 Å². The lowest BCUT2D eigenvalue weighted by molar-refractivity contribution is 0.0513. The van der Waals surface area contributed by atoms with Gasteiger partial charge in [0.05, 0.1) is 31.1 Å². The molecule has 0 unspecified atom stereocenters. The van der Waals surface area contributed by atoms with E-state index in [1.807, 2.05) is 43.8 Å². The number of piperidine rings is 2. The van der Waals surface area contributed by atoms with Gasteiger partial charge in [0.2, 0.25) is 0 Å². The molecule has 2 aliphatic rings. The molecular weight excluding hydrogens is 621 g/mol. The fourth-order valence-corrected chi connectivity index (χ4v) is 7.95. The van der Waals surface area contributed by atoms with Gasteiger partial charge in [-0.3, -0.25) is 0 Å². The Morgan fingerprint density at radius 1 is 0.739 bits per heavy atom. The molecule has 10 nitrogen and oxygen atoms in total. The van der Waals surface area contributed by atoms with Gasteiger partial charge in [-0.1, -0.05) is 0 Å². The van der Waals surface area contributed by atoms with Gasteiger partial charge in [-0.15, -0.1) is 22.7 Å². The first-order valence-corrected chi connectivity index (χ1v) is 17.9. The minimum atomic E-state index is -0.891. The average Bonchev–Trinajstić information content (AvgIpc) is 3.81. The molecule has 0 aromatic carbocycles. The van der Waals surface area contributed by atoms with Gasteiger partial charge in [-0.2, -0.15) is 0 Å². The van der Waals surface area contributed by atoms with Crippen molar-refractivity contribution < 1.29 is 19.4 Å². The number of hydrogen-bond donors (Lipinski definition) is 1. The Balaban J connectivity index is 0.000000182. The lowest BCUT2D eigenvalue weighted by Gasteiger charge is -2.25. The van der Waals surface area contributed by atoms with Crippen molar-refractivity contribution in [2.75, 3.05) is 42.6 Å². The SMILES string of the molecule is CCOC(=O)c1cc(C)cn1Cc1nc(N2CCCCC2)sc1C.Cc1cc(C(=O)O)n(Cc2nc(N3CCCCC3)sc2C)c1. The highest BCUT2D eigenvalue weighted by molar-refractivity contribution is 7.16. The summed E-state index contributed by atoms with van der Waals surface area (Å²) in [5.41, 5.74) is 4.96. The van der Waals surface area contributed by atoms with Gasteiger partial charge in [0.1, 0.15) is 11.4 Å². The Morgan fingerprint density at radius 3 is 1.61 bits per heavy atom. The fraction of sp³-hybridized carbons (Fsp3) is 0.529. The molecule has 6 rings (SSSR count). The Morgan fingerprint density at radius 2 is 1.17 bits per heavy atom. The van der Waals surface area contributed by atoms with Gasteiger partial charge in [0.15, 0.2) is 10.3 Å². The van der Waals surface area contributed by atoms with Crippen LogP contribution in [-0.2, 0) is 17.8 Å². The number of aryl methyl sites for hydroxylation is 4. The zero-order valence-electron chi connectivity index (χ0n) is 27.7. The molecule has 248 valence electrons. The molecule has 0 amide bonds. The molecule has 1 N–H and O–H groups in total. The quantitative estimate of drug-likeness (QED) is 0.189. The molecule has 46 heavy (non-hydrogen) atoms. The number of rotatable bonds is 9. The molecular formula is C34H46N6O4S2. The van der Waals surface area contributed by atoms with Crippen LogP contribution in [0.2, 0.25) is 0 Å². The second kappa shape index (κ2) is 15.3. The summed E-state index contributed by atoms with van der Waals surface area (Å²) >= 11 is 3.47. The molecule has 6 heterocycles. The summed E-state index contributed by atoms with van der Waals surface area (Å²) in [5, 5.41) is 11.5. The molecule has 2 aliphatic heterocycles. The summed E-state index contributed by atoms with van der Waals surface area (Å²) in [6.45, 7) is 15.8. The number of thiazole rings is 2. The van der Waals surface area contributed by atoms with Crippen molar-refractivity contribution in [1.29, 1.82) is 0 Å². The first kappa shape index (κ1) is 33.7. The molecule has 4 aromatic rings. The second-order valence-corrected chi connectivity index (χ2v) is 14.5. The first-order valence-electron chi connectivity index (χ1n) is 16.3. The van der Waals surface area contributed by atoms with E-state index < -0.39 is 5.97 Å². The van der Waals surface area contributed by atoms with Crippen LogP contribution in [0.1, 0.15) is 98.7 Å². The van der Waals surface area contributed by atoms with Crippen LogP contribution >= 0.6 is 22.7 Å². The van der Waals surface area contributed by atoms with Crippen LogP contribution in [0.5, 0.6) is 0 Å². The average molecular weight is 667 g/mol. The van der Waals surface area contributed by atoms with Gasteiger partial charge in [-0.25, -0.2) is 19.6 Å². The summed E-state index contributed by atoms with van der Waals surface area (Å²) in [5.74, 6) is -1.16. The number of nitrogens with zero attached hydrogens (tertiary/aromatic N) is 6. The van der Waals surface area contributed by atoms with Crippen molar-refractivity contribution >= 4 is 44.9 Å². The number of aromatic carboxylic acids is 1. The van der Waals surface area contributed by atoms with E-state index in [1.165, 1.54) is 48.3 Å². The van der Waals surface area contributed by atoms with Crippen molar-refractivity contribution in [2.24, 2.45) is 0 Å². The zero-order chi connectivity index (χ0) is 32.8. The van der Waals surface area contributed by atoms with Gasteiger partial charge in [0.25, 0.3) is 0 Å². The highest BCUT2D eigenvalue weighted by atomic mass is 32.1. The maximum atomic E-state index is 12.1. The monoisotopic (exact) mass is 666 g/mol. The van der Waals surface area contributed by atoms with Crippen LogP contribution in [0.4, 0.5) is 10.3 Å². The molecule has 0 spiro atoms. The van der Waals surface area contributed by atoms with Crippen LogP contribution in [0.15, 0.2) is 24.5 Å². The number of esters is 1. The number of carbonyl (C=O) groups is 2. The third-order valence-electron chi connectivity index (χ3n) is 8.43. The summed E-state index contributed by atoms with van der Waals surface area (Å²) in [6, 6.07) is 3.58. The lowest BCUT2D eigenvalue weighted by Crippen LogP contribution is -2.29. The van der Waals surface area contributed by atoms with Crippen molar-refractivity contribution in [2.45, 2.75) is 86.2 Å². The molecule has 0 atom stereocenters. The normalized spacial score (nSPS) is 15.1. The Labute approximate surface area is 279 Å². The largest absolute Gasteiger partial charge is 0.477 e. The van der Waals surface area contributed by atoms with Crippen molar-refractivity contribution in [3.8, 4) is 0 Å². The van der Waals surface area contributed by atoms with Gasteiger partial charge in [-0.05, 0) is 96.4 Å². The minimum Gasteiger partial charge on any atom is -0.477 e.